The fraction of sp³-hybridized carbons (Fsp3) is 0.381. The predicted octanol–water partition coefficient (Wildman–Crippen LogP) is 3.41. The monoisotopic (exact) mass is 467 g/mol. The largest absolute Gasteiger partial charge is 0.493 e. The van der Waals surface area contributed by atoms with Gasteiger partial charge in [0.2, 0.25) is 11.7 Å². The molecule has 31 heavy (non-hydrogen) atoms. The number of hydrogen-bond acceptors (Lipinski definition) is 8. The van der Waals surface area contributed by atoms with Gasteiger partial charge in [-0.15, -0.1) is 11.3 Å². The standard InChI is InChI=1S/C21H25NO7S2/c1-12(23)22-14(21(25)26)11-31-19(10-15(24)18-6-5-7-30-18)13-8-16(27-2)20(29-4)17(9-13)28-3/h5-9,14,19H,10-11H2,1-4H3,(H,22,23)(H,25,26)/t14-,19-/m0/s1. The van der Waals surface area contributed by atoms with Crippen LogP contribution in [0, 0.1) is 0 Å². The third-order valence-electron chi connectivity index (χ3n) is 4.37. The highest BCUT2D eigenvalue weighted by Gasteiger charge is 2.26. The minimum absolute atomic E-state index is 0.0624. The Morgan fingerprint density at radius 3 is 2.23 bits per heavy atom. The Labute approximate surface area is 188 Å². The van der Waals surface area contributed by atoms with E-state index in [2.05, 4.69) is 5.32 Å². The lowest BCUT2D eigenvalue weighted by atomic mass is 10.0. The first-order valence-corrected chi connectivity index (χ1v) is 11.2. The number of hydrogen-bond donors (Lipinski definition) is 2. The molecule has 0 unspecified atom stereocenters. The van der Waals surface area contributed by atoms with E-state index in [0.717, 1.165) is 5.56 Å². The summed E-state index contributed by atoms with van der Waals surface area (Å²) >= 11 is 2.61. The molecular weight excluding hydrogens is 442 g/mol. The maximum absolute atomic E-state index is 12.8. The molecule has 0 bridgehead atoms. The number of amides is 1. The third kappa shape index (κ3) is 6.63. The summed E-state index contributed by atoms with van der Waals surface area (Å²) in [6.45, 7) is 1.26. The molecule has 10 heteroatoms. The van der Waals surface area contributed by atoms with E-state index in [0.29, 0.717) is 22.1 Å². The van der Waals surface area contributed by atoms with Crippen LogP contribution in [0.15, 0.2) is 29.6 Å². The Bertz CT molecular complexity index is 889. The smallest absolute Gasteiger partial charge is 0.327 e. The van der Waals surface area contributed by atoms with Gasteiger partial charge in [0.25, 0.3) is 0 Å². The first-order chi connectivity index (χ1) is 14.8. The van der Waals surface area contributed by atoms with Gasteiger partial charge in [0.15, 0.2) is 17.3 Å². The lowest BCUT2D eigenvalue weighted by molar-refractivity contribution is -0.140. The van der Waals surface area contributed by atoms with Crippen molar-refractivity contribution in [3.63, 3.8) is 0 Å². The first-order valence-electron chi connectivity index (χ1n) is 9.28. The van der Waals surface area contributed by atoms with E-state index in [1.807, 2.05) is 5.38 Å². The van der Waals surface area contributed by atoms with Crippen LogP contribution in [0.3, 0.4) is 0 Å². The number of benzene rings is 1. The quantitative estimate of drug-likeness (QED) is 0.457. The second-order valence-electron chi connectivity index (χ2n) is 6.48. The van der Waals surface area contributed by atoms with Crippen LogP contribution in [-0.4, -0.2) is 55.9 Å². The SMILES string of the molecule is COc1cc([C@H](CC(=O)c2cccs2)SC[C@H](NC(C)=O)C(=O)O)cc(OC)c1OC. The van der Waals surface area contributed by atoms with E-state index < -0.39 is 23.2 Å². The molecule has 0 aliphatic heterocycles. The number of rotatable bonds is 12. The van der Waals surface area contributed by atoms with Gasteiger partial charge in [-0.05, 0) is 29.1 Å². The fourth-order valence-corrected chi connectivity index (χ4v) is 4.82. The molecule has 1 amide bonds. The summed E-state index contributed by atoms with van der Waals surface area (Å²) in [6, 6.07) is 5.96. The number of Topliss-reactive ketones (excluding diaryl/α,β-unsaturated/α-hetero) is 1. The van der Waals surface area contributed by atoms with Crippen LogP contribution in [0.1, 0.15) is 33.8 Å². The van der Waals surface area contributed by atoms with Crippen LogP contribution in [0.2, 0.25) is 0 Å². The van der Waals surface area contributed by atoms with Crippen molar-refractivity contribution in [1.82, 2.24) is 5.32 Å². The van der Waals surface area contributed by atoms with Gasteiger partial charge in [0, 0.05) is 24.3 Å². The Morgan fingerprint density at radius 1 is 1.13 bits per heavy atom. The zero-order valence-electron chi connectivity index (χ0n) is 17.7. The van der Waals surface area contributed by atoms with E-state index in [1.54, 1.807) is 24.3 Å². The molecule has 1 aromatic carbocycles. The van der Waals surface area contributed by atoms with Crippen molar-refractivity contribution in [1.29, 1.82) is 0 Å². The second-order valence-corrected chi connectivity index (χ2v) is 8.66. The topological polar surface area (TPSA) is 111 Å². The van der Waals surface area contributed by atoms with E-state index >= 15 is 0 Å². The second kappa shape index (κ2) is 11.6. The zero-order chi connectivity index (χ0) is 23.0. The molecule has 0 saturated heterocycles. The van der Waals surface area contributed by atoms with Crippen molar-refractivity contribution >= 4 is 40.8 Å². The molecule has 2 N–H and O–H groups in total. The van der Waals surface area contributed by atoms with Crippen molar-refractivity contribution < 1.29 is 33.7 Å². The maximum atomic E-state index is 12.8. The van der Waals surface area contributed by atoms with Gasteiger partial charge in [-0.1, -0.05) is 6.07 Å². The number of ether oxygens (including phenoxy) is 3. The Kier molecular flexibility index (Phi) is 9.20. The van der Waals surface area contributed by atoms with Crippen molar-refractivity contribution in [2.45, 2.75) is 24.6 Å². The van der Waals surface area contributed by atoms with Gasteiger partial charge < -0.3 is 24.6 Å². The lowest BCUT2D eigenvalue weighted by Gasteiger charge is -2.22. The van der Waals surface area contributed by atoms with Gasteiger partial charge in [-0.3, -0.25) is 9.59 Å². The summed E-state index contributed by atoms with van der Waals surface area (Å²) < 4.78 is 16.2. The summed E-state index contributed by atoms with van der Waals surface area (Å²) in [6.07, 6.45) is 0.135. The number of carboxylic acids is 1. The highest BCUT2D eigenvalue weighted by Crippen LogP contribution is 2.44. The molecule has 0 aliphatic carbocycles. The number of carbonyl (C=O) groups excluding carboxylic acids is 2. The van der Waals surface area contributed by atoms with Crippen molar-refractivity contribution in [3.8, 4) is 17.2 Å². The van der Waals surface area contributed by atoms with E-state index in [4.69, 9.17) is 14.2 Å². The molecule has 2 aromatic rings. The number of ketones is 1. The molecule has 2 atom stereocenters. The van der Waals surface area contributed by atoms with Gasteiger partial charge >= 0.3 is 5.97 Å². The Hall–Kier alpha value is -2.72. The molecule has 8 nitrogen and oxygen atoms in total. The molecule has 0 aliphatic rings. The minimum atomic E-state index is -1.14. The Balaban J connectivity index is 2.38. The lowest BCUT2D eigenvalue weighted by Crippen LogP contribution is -2.41. The van der Waals surface area contributed by atoms with E-state index in [9.17, 15) is 19.5 Å². The molecular formula is C21H25NO7S2. The minimum Gasteiger partial charge on any atom is -0.493 e. The van der Waals surface area contributed by atoms with Gasteiger partial charge in [0.05, 0.1) is 26.2 Å². The normalized spacial score (nSPS) is 12.5. The van der Waals surface area contributed by atoms with Crippen LogP contribution in [0.25, 0.3) is 0 Å². The summed E-state index contributed by atoms with van der Waals surface area (Å²) in [7, 11) is 4.49. The third-order valence-corrected chi connectivity index (χ3v) is 6.64. The summed E-state index contributed by atoms with van der Waals surface area (Å²) in [5, 5.41) is 13.3. The number of aliphatic carboxylic acids is 1. The van der Waals surface area contributed by atoms with Gasteiger partial charge in [0.1, 0.15) is 6.04 Å². The van der Waals surface area contributed by atoms with Crippen LogP contribution >= 0.6 is 23.1 Å². The number of carbonyl (C=O) groups is 3. The number of thiophene rings is 1. The Morgan fingerprint density at radius 2 is 1.77 bits per heavy atom. The summed E-state index contributed by atoms with van der Waals surface area (Å²) in [5.74, 6) is -0.279. The number of methoxy groups -OCH3 is 3. The van der Waals surface area contributed by atoms with Crippen molar-refractivity contribution in [2.24, 2.45) is 0 Å². The van der Waals surface area contributed by atoms with Crippen LogP contribution in [-0.2, 0) is 9.59 Å². The van der Waals surface area contributed by atoms with Crippen LogP contribution in [0.4, 0.5) is 0 Å². The molecule has 0 fully saturated rings. The maximum Gasteiger partial charge on any atom is 0.327 e. The van der Waals surface area contributed by atoms with Gasteiger partial charge in [-0.25, -0.2) is 4.79 Å². The molecule has 0 spiro atoms. The summed E-state index contributed by atoms with van der Waals surface area (Å²) in [5.41, 5.74) is 0.719. The number of nitrogens with one attached hydrogen (secondary N) is 1. The first kappa shape index (κ1) is 24.5. The molecule has 0 radical (unpaired) electrons. The average Bonchev–Trinajstić information content (AvgIpc) is 3.29. The average molecular weight is 468 g/mol. The van der Waals surface area contributed by atoms with E-state index in [1.165, 1.54) is 51.4 Å². The highest BCUT2D eigenvalue weighted by atomic mass is 32.2. The number of carboxylic acid groups (broad SMARTS) is 1. The van der Waals surface area contributed by atoms with Gasteiger partial charge in [-0.2, -0.15) is 11.8 Å². The van der Waals surface area contributed by atoms with Crippen LogP contribution < -0.4 is 19.5 Å². The summed E-state index contributed by atoms with van der Waals surface area (Å²) in [4.78, 5) is 36.3. The fourth-order valence-electron chi connectivity index (χ4n) is 2.90. The molecule has 0 saturated carbocycles. The van der Waals surface area contributed by atoms with Crippen molar-refractivity contribution in [2.75, 3.05) is 27.1 Å². The molecule has 1 aromatic heterocycles. The van der Waals surface area contributed by atoms with E-state index in [-0.39, 0.29) is 18.0 Å². The number of thioether (sulfide) groups is 1. The van der Waals surface area contributed by atoms with Crippen LogP contribution in [0.5, 0.6) is 17.2 Å². The predicted molar refractivity (Wildman–Crippen MR) is 120 cm³/mol. The molecule has 168 valence electrons. The molecule has 1 heterocycles. The highest BCUT2D eigenvalue weighted by molar-refractivity contribution is 7.99. The molecule has 2 rings (SSSR count). The van der Waals surface area contributed by atoms with Crippen molar-refractivity contribution in [3.05, 3.63) is 40.1 Å². The zero-order valence-corrected chi connectivity index (χ0v) is 19.3.